The highest BCUT2D eigenvalue weighted by molar-refractivity contribution is 5.94. The monoisotopic (exact) mass is 493 g/mol. The Bertz CT molecular complexity index is 1230. The molecule has 1 aromatic heterocycles. The van der Waals surface area contributed by atoms with Crippen molar-refractivity contribution in [2.75, 3.05) is 25.0 Å². The Morgan fingerprint density at radius 2 is 1.57 bits per heavy atom. The standard InChI is InChI=1S/C32H35N3O2/c36-32(33-31-18-8-7-17-30(31)27-14-5-2-6-15-27)35(25-29-16-10-24-37-29)28-19-22-34(23-20-28)21-9-13-26-11-3-1-4-12-26/h1-8,10-12,14-18,24,28H,9,13,19-23,25H2,(H,33,36). The van der Waals surface area contributed by atoms with E-state index in [4.69, 9.17) is 4.42 Å². The van der Waals surface area contributed by atoms with E-state index in [1.165, 1.54) is 5.56 Å². The van der Waals surface area contributed by atoms with Gasteiger partial charge in [0.25, 0.3) is 0 Å². The number of rotatable bonds is 9. The largest absolute Gasteiger partial charge is 0.467 e. The molecule has 0 aliphatic carbocycles. The number of likely N-dealkylation sites (tertiary alicyclic amines) is 1. The van der Waals surface area contributed by atoms with E-state index in [1.54, 1.807) is 6.26 Å². The molecule has 2 amide bonds. The van der Waals surface area contributed by atoms with Gasteiger partial charge < -0.3 is 19.5 Å². The van der Waals surface area contributed by atoms with Crippen molar-refractivity contribution in [2.45, 2.75) is 38.3 Å². The van der Waals surface area contributed by atoms with Gasteiger partial charge in [0.15, 0.2) is 0 Å². The van der Waals surface area contributed by atoms with Crippen LogP contribution in [0.25, 0.3) is 11.1 Å². The summed E-state index contributed by atoms with van der Waals surface area (Å²) in [6, 6.07) is 32.8. The van der Waals surface area contributed by atoms with E-state index in [0.717, 1.165) is 67.9 Å². The third kappa shape index (κ3) is 6.69. The zero-order chi connectivity index (χ0) is 25.3. The Morgan fingerprint density at radius 1 is 0.865 bits per heavy atom. The molecule has 5 nitrogen and oxygen atoms in total. The highest BCUT2D eigenvalue weighted by Gasteiger charge is 2.29. The Labute approximate surface area is 219 Å². The van der Waals surface area contributed by atoms with Crippen molar-refractivity contribution < 1.29 is 9.21 Å². The average Bonchev–Trinajstić information content (AvgIpc) is 3.47. The number of furan rings is 1. The number of carbonyl (C=O) groups excluding carboxylic acids is 1. The van der Waals surface area contributed by atoms with Crippen LogP contribution >= 0.6 is 0 Å². The predicted octanol–water partition coefficient (Wildman–Crippen LogP) is 7.08. The molecule has 0 radical (unpaired) electrons. The fraction of sp³-hybridized carbons (Fsp3) is 0.281. The molecule has 37 heavy (non-hydrogen) atoms. The van der Waals surface area contributed by atoms with Crippen LogP contribution in [0.5, 0.6) is 0 Å². The topological polar surface area (TPSA) is 48.7 Å². The highest BCUT2D eigenvalue weighted by atomic mass is 16.3. The summed E-state index contributed by atoms with van der Waals surface area (Å²) in [5.41, 5.74) is 4.32. The molecule has 5 heteroatoms. The summed E-state index contributed by atoms with van der Waals surface area (Å²) in [5, 5.41) is 3.21. The normalized spacial score (nSPS) is 14.4. The van der Waals surface area contributed by atoms with Crippen LogP contribution in [0.1, 0.15) is 30.6 Å². The Balaban J connectivity index is 1.23. The first-order valence-electron chi connectivity index (χ1n) is 13.3. The Morgan fingerprint density at radius 3 is 2.30 bits per heavy atom. The molecule has 1 N–H and O–H groups in total. The SMILES string of the molecule is O=C(Nc1ccccc1-c1ccccc1)N(Cc1ccco1)C1CCN(CCCc2ccccc2)CC1. The van der Waals surface area contributed by atoms with Gasteiger partial charge in [-0.3, -0.25) is 0 Å². The van der Waals surface area contributed by atoms with Gasteiger partial charge in [0.1, 0.15) is 5.76 Å². The molecule has 1 aliphatic heterocycles. The first-order valence-corrected chi connectivity index (χ1v) is 13.3. The van der Waals surface area contributed by atoms with Gasteiger partial charge in [-0.1, -0.05) is 78.9 Å². The summed E-state index contributed by atoms with van der Waals surface area (Å²) >= 11 is 0. The number of hydrogen-bond acceptors (Lipinski definition) is 3. The zero-order valence-electron chi connectivity index (χ0n) is 21.3. The maximum absolute atomic E-state index is 13.7. The molecule has 2 heterocycles. The maximum atomic E-state index is 13.7. The van der Waals surface area contributed by atoms with E-state index < -0.39 is 0 Å². The number of nitrogens with one attached hydrogen (secondary N) is 1. The maximum Gasteiger partial charge on any atom is 0.322 e. The number of para-hydroxylation sites is 1. The lowest BCUT2D eigenvalue weighted by atomic mass is 10.0. The van der Waals surface area contributed by atoms with Gasteiger partial charge in [-0.05, 0) is 61.6 Å². The van der Waals surface area contributed by atoms with Gasteiger partial charge in [-0.2, -0.15) is 0 Å². The molecule has 3 aromatic carbocycles. The summed E-state index contributed by atoms with van der Waals surface area (Å²) in [5.74, 6) is 0.803. The molecule has 1 fully saturated rings. The number of benzene rings is 3. The molecule has 0 bridgehead atoms. The molecular formula is C32H35N3O2. The third-order valence-electron chi connectivity index (χ3n) is 7.20. The van der Waals surface area contributed by atoms with Crippen molar-refractivity contribution in [3.63, 3.8) is 0 Å². The fourth-order valence-corrected chi connectivity index (χ4v) is 5.19. The van der Waals surface area contributed by atoms with Crippen LogP contribution in [-0.4, -0.2) is 41.5 Å². The summed E-state index contributed by atoms with van der Waals surface area (Å²) < 4.78 is 5.63. The fourth-order valence-electron chi connectivity index (χ4n) is 5.19. The first-order chi connectivity index (χ1) is 18.3. The molecule has 1 saturated heterocycles. The second-order valence-electron chi connectivity index (χ2n) is 9.71. The van der Waals surface area contributed by atoms with Gasteiger partial charge in [0.05, 0.1) is 18.5 Å². The van der Waals surface area contributed by atoms with Crippen molar-refractivity contribution in [3.8, 4) is 11.1 Å². The molecule has 0 spiro atoms. The quantitative estimate of drug-likeness (QED) is 0.271. The molecular weight excluding hydrogens is 458 g/mol. The van der Waals surface area contributed by atoms with Gasteiger partial charge >= 0.3 is 6.03 Å². The van der Waals surface area contributed by atoms with Gasteiger partial charge in [-0.25, -0.2) is 4.79 Å². The summed E-state index contributed by atoms with van der Waals surface area (Å²) in [6.45, 7) is 3.56. The van der Waals surface area contributed by atoms with Crippen molar-refractivity contribution in [1.82, 2.24) is 9.80 Å². The molecule has 5 rings (SSSR count). The molecule has 1 aliphatic rings. The van der Waals surface area contributed by atoms with Crippen LogP contribution in [-0.2, 0) is 13.0 Å². The van der Waals surface area contributed by atoms with E-state index in [1.807, 2.05) is 53.4 Å². The van der Waals surface area contributed by atoms with Crippen LogP contribution in [0.15, 0.2) is 108 Å². The highest BCUT2D eigenvalue weighted by Crippen LogP contribution is 2.29. The summed E-state index contributed by atoms with van der Waals surface area (Å²) in [4.78, 5) is 18.2. The smallest absolute Gasteiger partial charge is 0.322 e. The number of piperidine rings is 1. The number of anilines is 1. The van der Waals surface area contributed by atoms with Gasteiger partial charge in [-0.15, -0.1) is 0 Å². The number of hydrogen-bond donors (Lipinski definition) is 1. The summed E-state index contributed by atoms with van der Waals surface area (Å²) in [7, 11) is 0. The number of amides is 2. The van der Waals surface area contributed by atoms with Gasteiger partial charge in [0.2, 0.25) is 0 Å². The van der Waals surface area contributed by atoms with E-state index in [-0.39, 0.29) is 12.1 Å². The molecule has 0 unspecified atom stereocenters. The van der Waals surface area contributed by atoms with Crippen LogP contribution < -0.4 is 5.32 Å². The second-order valence-corrected chi connectivity index (χ2v) is 9.71. The zero-order valence-corrected chi connectivity index (χ0v) is 21.3. The lowest BCUT2D eigenvalue weighted by Gasteiger charge is -2.38. The lowest BCUT2D eigenvalue weighted by Crippen LogP contribution is -2.48. The first kappa shape index (κ1) is 24.8. The van der Waals surface area contributed by atoms with Crippen molar-refractivity contribution >= 4 is 11.7 Å². The number of nitrogens with zero attached hydrogens (tertiary/aromatic N) is 2. The summed E-state index contributed by atoms with van der Waals surface area (Å²) in [6.07, 6.45) is 5.85. The molecule has 0 atom stereocenters. The van der Waals surface area contributed by atoms with Crippen molar-refractivity contribution in [1.29, 1.82) is 0 Å². The predicted molar refractivity (Wildman–Crippen MR) is 149 cm³/mol. The third-order valence-corrected chi connectivity index (χ3v) is 7.20. The minimum atomic E-state index is -0.0812. The van der Waals surface area contributed by atoms with Crippen molar-refractivity contribution in [3.05, 3.63) is 115 Å². The Hall–Kier alpha value is -3.83. The number of carbonyl (C=O) groups is 1. The minimum Gasteiger partial charge on any atom is -0.467 e. The molecule has 190 valence electrons. The average molecular weight is 494 g/mol. The second kappa shape index (κ2) is 12.4. The van der Waals surface area contributed by atoms with Gasteiger partial charge in [0, 0.05) is 24.7 Å². The van der Waals surface area contributed by atoms with Crippen LogP contribution in [0.4, 0.5) is 10.5 Å². The van der Waals surface area contributed by atoms with E-state index in [2.05, 4.69) is 58.7 Å². The molecule has 4 aromatic rings. The Kier molecular flexibility index (Phi) is 8.34. The number of aryl methyl sites for hydroxylation is 1. The number of urea groups is 1. The van der Waals surface area contributed by atoms with E-state index in [0.29, 0.717) is 6.54 Å². The van der Waals surface area contributed by atoms with E-state index in [9.17, 15) is 4.79 Å². The molecule has 0 saturated carbocycles. The van der Waals surface area contributed by atoms with Crippen LogP contribution in [0.3, 0.4) is 0 Å². The lowest BCUT2D eigenvalue weighted by molar-refractivity contribution is 0.118. The van der Waals surface area contributed by atoms with Crippen molar-refractivity contribution in [2.24, 2.45) is 0 Å². The van der Waals surface area contributed by atoms with Crippen LogP contribution in [0, 0.1) is 0 Å². The minimum absolute atomic E-state index is 0.0812. The van der Waals surface area contributed by atoms with E-state index >= 15 is 0 Å². The van der Waals surface area contributed by atoms with Crippen LogP contribution in [0.2, 0.25) is 0 Å².